The molecule has 22 heavy (non-hydrogen) atoms. The molecule has 0 spiro atoms. The largest absolute Gasteiger partial charge is 0.416 e. The van der Waals surface area contributed by atoms with Crippen molar-refractivity contribution in [3.8, 4) is 0 Å². The molecule has 0 aliphatic rings. The Labute approximate surface area is 126 Å². The van der Waals surface area contributed by atoms with Gasteiger partial charge in [0.2, 0.25) is 5.91 Å². The van der Waals surface area contributed by atoms with Gasteiger partial charge in [-0.15, -0.1) is 0 Å². The van der Waals surface area contributed by atoms with Crippen molar-refractivity contribution in [2.24, 2.45) is 0 Å². The van der Waals surface area contributed by atoms with Gasteiger partial charge < -0.3 is 10.6 Å². The summed E-state index contributed by atoms with van der Waals surface area (Å²) in [5.74, 6) is -0.654. The van der Waals surface area contributed by atoms with Gasteiger partial charge in [-0.2, -0.15) is 13.2 Å². The Morgan fingerprint density at radius 1 is 1.14 bits per heavy atom. The van der Waals surface area contributed by atoms with E-state index in [0.717, 1.165) is 12.1 Å². The lowest BCUT2D eigenvalue weighted by Gasteiger charge is -2.20. The van der Waals surface area contributed by atoms with Crippen LogP contribution in [0.1, 0.15) is 26.3 Å². The first-order chi connectivity index (χ1) is 9.97. The summed E-state index contributed by atoms with van der Waals surface area (Å²) in [6.45, 7) is 4.92. The third-order valence-electron chi connectivity index (χ3n) is 2.38. The van der Waals surface area contributed by atoms with Crippen molar-refractivity contribution >= 4 is 17.6 Å². The Bertz CT molecular complexity index is 551. The number of halogens is 3. The number of anilines is 1. The maximum atomic E-state index is 12.5. The van der Waals surface area contributed by atoms with Crippen LogP contribution in [0.15, 0.2) is 24.3 Å². The average molecular weight is 317 g/mol. The van der Waals surface area contributed by atoms with E-state index in [2.05, 4.69) is 16.0 Å². The van der Waals surface area contributed by atoms with E-state index < -0.39 is 29.2 Å². The van der Waals surface area contributed by atoms with E-state index in [9.17, 15) is 22.8 Å². The zero-order valence-corrected chi connectivity index (χ0v) is 12.5. The molecule has 0 unspecified atom stereocenters. The van der Waals surface area contributed by atoms with Gasteiger partial charge in [-0.1, -0.05) is 6.07 Å². The summed E-state index contributed by atoms with van der Waals surface area (Å²) in [6.07, 6.45) is -4.45. The number of benzene rings is 1. The SMILES string of the molecule is CC(C)(C)NC(=O)NC(=O)CNc1cccc(C(F)(F)F)c1. The number of carbonyl (C=O) groups excluding carboxylic acids is 2. The number of hydrogen-bond acceptors (Lipinski definition) is 3. The van der Waals surface area contributed by atoms with Crippen LogP contribution in [0.25, 0.3) is 0 Å². The number of amides is 3. The van der Waals surface area contributed by atoms with Gasteiger partial charge in [-0.05, 0) is 39.0 Å². The van der Waals surface area contributed by atoms with E-state index in [1.807, 2.05) is 0 Å². The number of nitrogens with one attached hydrogen (secondary N) is 3. The van der Waals surface area contributed by atoms with Crippen LogP contribution in [0.4, 0.5) is 23.7 Å². The number of rotatable bonds is 3. The Kier molecular flexibility index (Phi) is 5.40. The van der Waals surface area contributed by atoms with Crippen LogP contribution >= 0.6 is 0 Å². The zero-order valence-electron chi connectivity index (χ0n) is 12.5. The molecule has 5 nitrogen and oxygen atoms in total. The first-order valence-corrected chi connectivity index (χ1v) is 6.50. The third-order valence-corrected chi connectivity index (χ3v) is 2.38. The van der Waals surface area contributed by atoms with E-state index in [1.165, 1.54) is 12.1 Å². The number of hydrogen-bond donors (Lipinski definition) is 3. The van der Waals surface area contributed by atoms with Crippen LogP contribution in [0.3, 0.4) is 0 Å². The molecule has 122 valence electrons. The zero-order chi connectivity index (χ0) is 17.0. The number of alkyl halides is 3. The van der Waals surface area contributed by atoms with E-state index in [0.29, 0.717) is 0 Å². The maximum absolute atomic E-state index is 12.5. The molecule has 3 N–H and O–H groups in total. The summed E-state index contributed by atoms with van der Waals surface area (Å²) in [5, 5.41) is 7.14. The molecule has 1 rings (SSSR count). The minimum atomic E-state index is -4.45. The summed E-state index contributed by atoms with van der Waals surface area (Å²) < 4.78 is 37.6. The number of urea groups is 1. The second-order valence-electron chi connectivity index (χ2n) is 5.68. The van der Waals surface area contributed by atoms with Crippen molar-refractivity contribution in [3.63, 3.8) is 0 Å². The van der Waals surface area contributed by atoms with Gasteiger partial charge >= 0.3 is 12.2 Å². The molecule has 0 aromatic heterocycles. The molecule has 0 bridgehead atoms. The Morgan fingerprint density at radius 2 is 1.77 bits per heavy atom. The van der Waals surface area contributed by atoms with Gasteiger partial charge in [0.25, 0.3) is 0 Å². The Morgan fingerprint density at radius 3 is 2.32 bits per heavy atom. The second kappa shape index (κ2) is 6.67. The van der Waals surface area contributed by atoms with Gasteiger partial charge in [-0.25, -0.2) is 4.79 Å². The van der Waals surface area contributed by atoms with Crippen molar-refractivity contribution in [1.29, 1.82) is 0 Å². The van der Waals surface area contributed by atoms with Crippen LogP contribution in [0.5, 0.6) is 0 Å². The highest BCUT2D eigenvalue weighted by atomic mass is 19.4. The van der Waals surface area contributed by atoms with Crippen molar-refractivity contribution in [3.05, 3.63) is 29.8 Å². The maximum Gasteiger partial charge on any atom is 0.416 e. The van der Waals surface area contributed by atoms with Crippen molar-refractivity contribution < 1.29 is 22.8 Å². The molecule has 0 saturated carbocycles. The summed E-state index contributed by atoms with van der Waals surface area (Å²) in [5.41, 5.74) is -1.18. The first-order valence-electron chi connectivity index (χ1n) is 6.50. The number of imide groups is 1. The average Bonchev–Trinajstić information content (AvgIpc) is 2.33. The smallest absolute Gasteiger partial charge is 0.376 e. The van der Waals surface area contributed by atoms with E-state index >= 15 is 0 Å². The van der Waals surface area contributed by atoms with Gasteiger partial charge in [0, 0.05) is 11.2 Å². The lowest BCUT2D eigenvalue weighted by atomic mass is 10.1. The topological polar surface area (TPSA) is 70.2 Å². The van der Waals surface area contributed by atoms with Crippen molar-refractivity contribution in [2.75, 3.05) is 11.9 Å². The molecule has 0 heterocycles. The first kappa shape index (κ1) is 17.8. The molecule has 0 saturated heterocycles. The monoisotopic (exact) mass is 317 g/mol. The Hall–Kier alpha value is -2.25. The minimum Gasteiger partial charge on any atom is -0.376 e. The van der Waals surface area contributed by atoms with E-state index in [1.54, 1.807) is 20.8 Å². The summed E-state index contributed by atoms with van der Waals surface area (Å²) in [4.78, 5) is 23.0. The quantitative estimate of drug-likeness (QED) is 0.803. The van der Waals surface area contributed by atoms with Crippen LogP contribution in [0, 0.1) is 0 Å². The summed E-state index contributed by atoms with van der Waals surface area (Å²) in [6, 6.07) is 3.79. The van der Waals surface area contributed by atoms with Crippen LogP contribution in [-0.2, 0) is 11.0 Å². The highest BCUT2D eigenvalue weighted by Gasteiger charge is 2.30. The molecule has 8 heteroatoms. The highest BCUT2D eigenvalue weighted by Crippen LogP contribution is 2.30. The van der Waals surface area contributed by atoms with Gasteiger partial charge in [0.1, 0.15) is 0 Å². The van der Waals surface area contributed by atoms with Gasteiger partial charge in [-0.3, -0.25) is 10.1 Å². The predicted molar refractivity (Wildman–Crippen MR) is 76.4 cm³/mol. The molecule has 3 amide bonds. The molecule has 0 aliphatic carbocycles. The van der Waals surface area contributed by atoms with E-state index in [-0.39, 0.29) is 12.2 Å². The molecule has 1 aromatic rings. The fraction of sp³-hybridized carbons (Fsp3) is 0.429. The van der Waals surface area contributed by atoms with Crippen LogP contribution < -0.4 is 16.0 Å². The molecule has 0 aliphatic heterocycles. The molecule has 0 atom stereocenters. The van der Waals surface area contributed by atoms with Crippen LogP contribution in [0.2, 0.25) is 0 Å². The lowest BCUT2D eigenvalue weighted by molar-refractivity contribution is -0.137. The summed E-state index contributed by atoms with van der Waals surface area (Å²) in [7, 11) is 0. The molecular weight excluding hydrogens is 299 g/mol. The van der Waals surface area contributed by atoms with Gasteiger partial charge in [0.05, 0.1) is 12.1 Å². The fourth-order valence-electron chi connectivity index (χ4n) is 1.53. The molecular formula is C14H18F3N3O2. The Balaban J connectivity index is 2.53. The molecule has 0 radical (unpaired) electrons. The lowest BCUT2D eigenvalue weighted by Crippen LogP contribution is -2.49. The summed E-state index contributed by atoms with van der Waals surface area (Å²) >= 11 is 0. The normalized spacial score (nSPS) is 11.7. The molecule has 0 fully saturated rings. The van der Waals surface area contributed by atoms with Crippen molar-refractivity contribution in [1.82, 2.24) is 10.6 Å². The minimum absolute atomic E-state index is 0.140. The number of carbonyl (C=O) groups is 2. The van der Waals surface area contributed by atoms with Crippen LogP contribution in [-0.4, -0.2) is 24.0 Å². The standard InChI is InChI=1S/C14H18F3N3O2/c1-13(2,3)20-12(22)19-11(21)8-18-10-6-4-5-9(7-10)14(15,16)17/h4-7,18H,8H2,1-3H3,(H2,19,20,21,22). The van der Waals surface area contributed by atoms with E-state index in [4.69, 9.17) is 0 Å². The third kappa shape index (κ3) is 6.47. The highest BCUT2D eigenvalue weighted by molar-refractivity contribution is 5.96. The second-order valence-corrected chi connectivity index (χ2v) is 5.68. The predicted octanol–water partition coefficient (Wildman–Crippen LogP) is 2.74. The van der Waals surface area contributed by atoms with Crippen molar-refractivity contribution in [2.45, 2.75) is 32.5 Å². The molecule has 1 aromatic carbocycles. The fourth-order valence-corrected chi connectivity index (χ4v) is 1.53. The van der Waals surface area contributed by atoms with Gasteiger partial charge in [0.15, 0.2) is 0 Å².